The number of carbonyl (C=O) groups excluding carboxylic acids is 1. The Labute approximate surface area is 219 Å². The molecular weight excluding hydrogens is 495 g/mol. The SMILES string of the molecule is C[C@H](NC(=O)N1CCN(c2ncnc3c2C=C(c2ccc(F)cc2)C3)C[C@H]1C)c1cccc(OC(F)F)c1. The van der Waals surface area contributed by atoms with Crippen LogP contribution in [0.15, 0.2) is 54.9 Å². The Hall–Kier alpha value is -4.08. The second-order valence-electron chi connectivity index (χ2n) is 9.52. The lowest BCUT2D eigenvalue weighted by atomic mass is 10.1. The molecule has 1 aliphatic carbocycles. The number of halogens is 3. The van der Waals surface area contributed by atoms with Crippen LogP contribution in [0.2, 0.25) is 0 Å². The van der Waals surface area contributed by atoms with Gasteiger partial charge >= 0.3 is 12.6 Å². The molecule has 2 amide bonds. The van der Waals surface area contributed by atoms with Crippen molar-refractivity contribution in [1.29, 1.82) is 0 Å². The van der Waals surface area contributed by atoms with Crippen LogP contribution >= 0.6 is 0 Å². The van der Waals surface area contributed by atoms with Crippen molar-refractivity contribution >= 4 is 23.5 Å². The van der Waals surface area contributed by atoms with Crippen molar-refractivity contribution in [3.8, 4) is 5.75 Å². The van der Waals surface area contributed by atoms with Gasteiger partial charge in [0.05, 0.1) is 11.7 Å². The van der Waals surface area contributed by atoms with Crippen LogP contribution in [-0.4, -0.2) is 53.2 Å². The molecule has 0 saturated carbocycles. The largest absolute Gasteiger partial charge is 0.435 e. The van der Waals surface area contributed by atoms with E-state index in [4.69, 9.17) is 0 Å². The molecule has 7 nitrogen and oxygen atoms in total. The third-order valence-electron chi connectivity index (χ3n) is 6.95. The summed E-state index contributed by atoms with van der Waals surface area (Å²) in [5.74, 6) is 0.600. The maximum atomic E-state index is 13.4. The minimum atomic E-state index is -2.91. The third-order valence-corrected chi connectivity index (χ3v) is 6.95. The lowest BCUT2D eigenvalue weighted by molar-refractivity contribution is -0.0499. The number of rotatable bonds is 6. The summed E-state index contributed by atoms with van der Waals surface area (Å²) in [6.45, 7) is 2.54. The summed E-state index contributed by atoms with van der Waals surface area (Å²) in [5.41, 5.74) is 4.56. The smallest absolute Gasteiger partial charge is 0.387 e. The molecule has 5 rings (SSSR count). The van der Waals surface area contributed by atoms with Crippen LogP contribution in [0.25, 0.3) is 11.6 Å². The van der Waals surface area contributed by atoms with Gasteiger partial charge in [-0.15, -0.1) is 0 Å². The molecule has 0 bridgehead atoms. The van der Waals surface area contributed by atoms with Crippen LogP contribution in [0.5, 0.6) is 5.75 Å². The van der Waals surface area contributed by atoms with Gasteiger partial charge in [-0.2, -0.15) is 8.78 Å². The van der Waals surface area contributed by atoms with E-state index in [2.05, 4.69) is 31.0 Å². The summed E-state index contributed by atoms with van der Waals surface area (Å²) in [5, 5.41) is 2.96. The van der Waals surface area contributed by atoms with Crippen LogP contribution < -0.4 is 15.0 Å². The summed E-state index contributed by atoms with van der Waals surface area (Å²) in [7, 11) is 0. The number of urea groups is 1. The van der Waals surface area contributed by atoms with E-state index in [0.29, 0.717) is 31.6 Å². The van der Waals surface area contributed by atoms with Crippen molar-refractivity contribution < 1.29 is 22.7 Å². The minimum Gasteiger partial charge on any atom is -0.435 e. The van der Waals surface area contributed by atoms with Gasteiger partial charge in [-0.05, 0) is 60.9 Å². The molecule has 1 fully saturated rings. The fourth-order valence-electron chi connectivity index (χ4n) is 4.98. The molecule has 2 aromatic carbocycles. The highest BCUT2D eigenvalue weighted by molar-refractivity contribution is 5.91. The zero-order valence-corrected chi connectivity index (χ0v) is 21.1. The predicted octanol–water partition coefficient (Wildman–Crippen LogP) is 5.30. The molecule has 198 valence electrons. The van der Waals surface area contributed by atoms with Gasteiger partial charge in [0.15, 0.2) is 0 Å². The molecule has 2 atom stereocenters. The number of hydrogen-bond donors (Lipinski definition) is 1. The second kappa shape index (κ2) is 10.7. The van der Waals surface area contributed by atoms with E-state index in [1.165, 1.54) is 24.3 Å². The first-order valence-corrected chi connectivity index (χ1v) is 12.5. The number of aromatic nitrogens is 2. The Morgan fingerprint density at radius 2 is 1.92 bits per heavy atom. The van der Waals surface area contributed by atoms with Crippen LogP contribution in [0.1, 0.15) is 42.3 Å². The van der Waals surface area contributed by atoms with E-state index in [0.717, 1.165) is 28.2 Å². The van der Waals surface area contributed by atoms with E-state index in [9.17, 15) is 18.0 Å². The number of carbonyl (C=O) groups is 1. The number of allylic oxidation sites excluding steroid dienone is 1. The van der Waals surface area contributed by atoms with Crippen molar-refractivity contribution in [3.63, 3.8) is 0 Å². The Morgan fingerprint density at radius 3 is 2.66 bits per heavy atom. The van der Waals surface area contributed by atoms with E-state index in [-0.39, 0.29) is 23.6 Å². The van der Waals surface area contributed by atoms with Crippen LogP contribution in [0.3, 0.4) is 0 Å². The summed E-state index contributed by atoms with van der Waals surface area (Å²) in [6, 6.07) is 12.0. The normalized spacial score (nSPS) is 17.7. The Kier molecular flexibility index (Phi) is 7.22. The fraction of sp³-hybridized carbons (Fsp3) is 0.321. The first-order chi connectivity index (χ1) is 18.3. The molecule has 1 aromatic heterocycles. The van der Waals surface area contributed by atoms with Gasteiger partial charge in [0.25, 0.3) is 0 Å². The number of ether oxygens (including phenoxy) is 1. The van der Waals surface area contributed by atoms with Gasteiger partial charge in [0, 0.05) is 37.7 Å². The van der Waals surface area contributed by atoms with Crippen molar-refractivity contribution in [2.45, 2.75) is 39.0 Å². The van der Waals surface area contributed by atoms with Crippen LogP contribution in [-0.2, 0) is 6.42 Å². The Balaban J connectivity index is 1.25. The number of nitrogens with zero attached hydrogens (tertiary/aromatic N) is 4. The number of anilines is 1. The monoisotopic (exact) mass is 523 g/mol. The molecular formula is C28H28F3N5O2. The van der Waals surface area contributed by atoms with E-state index in [1.807, 2.05) is 6.92 Å². The predicted molar refractivity (Wildman–Crippen MR) is 138 cm³/mol. The van der Waals surface area contributed by atoms with E-state index >= 15 is 0 Å². The molecule has 0 spiro atoms. The minimum absolute atomic E-state index is 0.0506. The zero-order valence-electron chi connectivity index (χ0n) is 21.1. The number of hydrogen-bond acceptors (Lipinski definition) is 5. The van der Waals surface area contributed by atoms with Crippen molar-refractivity contribution in [2.75, 3.05) is 24.5 Å². The quantitative estimate of drug-likeness (QED) is 0.475. The van der Waals surface area contributed by atoms with Crippen LogP contribution in [0, 0.1) is 5.82 Å². The average Bonchev–Trinajstić information content (AvgIpc) is 3.33. The number of fused-ring (bicyclic) bond motifs is 1. The molecule has 1 aliphatic heterocycles. The molecule has 1 N–H and O–H groups in total. The Bertz CT molecular complexity index is 1350. The molecule has 0 unspecified atom stereocenters. The highest BCUT2D eigenvalue weighted by Crippen LogP contribution is 2.35. The standard InChI is InChI=1S/C28H28F3N5O2/c1-17-15-35(26-24-13-21(14-25(24)32-16-33-26)19-6-8-22(29)9-7-19)10-11-36(17)28(37)34-18(2)20-4-3-5-23(12-20)38-27(30)31/h3-9,12-13,16-18,27H,10-11,14-15H2,1-2H3,(H,34,37)/t17-,18+/m1/s1. The van der Waals surface area contributed by atoms with Gasteiger partial charge < -0.3 is 19.9 Å². The highest BCUT2D eigenvalue weighted by atomic mass is 19.3. The second-order valence-corrected chi connectivity index (χ2v) is 9.52. The van der Waals surface area contributed by atoms with E-state index < -0.39 is 12.7 Å². The summed E-state index contributed by atoms with van der Waals surface area (Å²) in [6.07, 6.45) is 4.28. The molecule has 3 aromatic rings. The number of piperazine rings is 1. The average molecular weight is 524 g/mol. The topological polar surface area (TPSA) is 70.6 Å². The Morgan fingerprint density at radius 1 is 1.13 bits per heavy atom. The number of alkyl halides is 2. The molecule has 1 saturated heterocycles. The lowest BCUT2D eigenvalue weighted by Crippen LogP contribution is -2.57. The fourth-order valence-corrected chi connectivity index (χ4v) is 4.98. The first-order valence-electron chi connectivity index (χ1n) is 12.5. The van der Waals surface area contributed by atoms with E-state index in [1.54, 1.807) is 42.4 Å². The number of amides is 2. The maximum absolute atomic E-state index is 13.4. The third kappa shape index (κ3) is 5.44. The molecule has 2 heterocycles. The number of benzene rings is 2. The summed E-state index contributed by atoms with van der Waals surface area (Å²) < 4.78 is 43.0. The molecule has 38 heavy (non-hydrogen) atoms. The van der Waals surface area contributed by atoms with Gasteiger partial charge in [-0.3, -0.25) is 0 Å². The van der Waals surface area contributed by atoms with Crippen molar-refractivity contribution in [2.24, 2.45) is 0 Å². The van der Waals surface area contributed by atoms with Gasteiger partial charge in [-0.25, -0.2) is 19.2 Å². The zero-order chi connectivity index (χ0) is 26.8. The molecule has 2 aliphatic rings. The van der Waals surface area contributed by atoms with Crippen molar-refractivity contribution in [1.82, 2.24) is 20.2 Å². The van der Waals surface area contributed by atoms with Gasteiger partial charge in [-0.1, -0.05) is 24.3 Å². The lowest BCUT2D eigenvalue weighted by Gasteiger charge is -2.41. The van der Waals surface area contributed by atoms with Gasteiger partial charge in [0.1, 0.15) is 23.7 Å². The highest BCUT2D eigenvalue weighted by Gasteiger charge is 2.31. The summed E-state index contributed by atoms with van der Waals surface area (Å²) >= 11 is 0. The molecule has 0 radical (unpaired) electrons. The van der Waals surface area contributed by atoms with Crippen molar-refractivity contribution in [3.05, 3.63) is 83.1 Å². The number of nitrogens with one attached hydrogen (secondary N) is 1. The summed E-state index contributed by atoms with van der Waals surface area (Å²) in [4.78, 5) is 26.1. The van der Waals surface area contributed by atoms with Gasteiger partial charge in [0.2, 0.25) is 0 Å². The van der Waals surface area contributed by atoms with Crippen LogP contribution in [0.4, 0.5) is 23.8 Å². The first kappa shape index (κ1) is 25.6. The maximum Gasteiger partial charge on any atom is 0.387 e. The molecule has 10 heteroatoms.